The summed E-state index contributed by atoms with van der Waals surface area (Å²) in [6.45, 7) is 3.84. The van der Waals surface area contributed by atoms with Crippen LogP contribution in [0.15, 0.2) is 24.3 Å². The number of β-amino-alcohol motifs (C(OH)–C–C–N with tert-alkyl or cyclic N) is 1. The molecule has 0 bridgehead atoms. The summed E-state index contributed by atoms with van der Waals surface area (Å²) >= 11 is 5.92. The van der Waals surface area contributed by atoms with Crippen molar-refractivity contribution in [2.75, 3.05) is 52.5 Å². The van der Waals surface area contributed by atoms with Gasteiger partial charge in [0.15, 0.2) is 6.61 Å². The number of hydrogen-bond acceptors (Lipinski definition) is 5. The highest BCUT2D eigenvalue weighted by Gasteiger charge is 2.36. The molecule has 2 saturated heterocycles. The Morgan fingerprint density at radius 3 is 2.88 bits per heavy atom. The number of ether oxygens (including phenoxy) is 2. The number of halogens is 1. The molecule has 2 fully saturated rings. The summed E-state index contributed by atoms with van der Waals surface area (Å²) in [6.07, 6.45) is 2.32. The second-order valence-corrected chi connectivity index (χ2v) is 7.26. The van der Waals surface area contributed by atoms with E-state index in [4.69, 9.17) is 21.1 Å². The van der Waals surface area contributed by atoms with E-state index in [2.05, 4.69) is 4.90 Å². The lowest BCUT2D eigenvalue weighted by molar-refractivity contribution is -0.136. The molecule has 0 unspecified atom stereocenters. The van der Waals surface area contributed by atoms with E-state index < -0.39 is 5.60 Å². The topological polar surface area (TPSA) is 62.2 Å². The van der Waals surface area contributed by atoms with Crippen molar-refractivity contribution in [3.63, 3.8) is 0 Å². The van der Waals surface area contributed by atoms with E-state index in [1.54, 1.807) is 29.2 Å². The number of hydrogen-bond donors (Lipinski definition) is 1. The number of rotatable bonds is 5. The molecule has 6 nitrogen and oxygen atoms in total. The van der Waals surface area contributed by atoms with E-state index in [1.165, 1.54) is 0 Å². The molecule has 1 aromatic carbocycles. The van der Waals surface area contributed by atoms with Crippen molar-refractivity contribution in [3.05, 3.63) is 29.3 Å². The van der Waals surface area contributed by atoms with Crippen molar-refractivity contribution < 1.29 is 19.4 Å². The molecule has 1 aromatic rings. The van der Waals surface area contributed by atoms with Gasteiger partial charge in [-0.1, -0.05) is 17.7 Å². The third kappa shape index (κ3) is 5.31. The van der Waals surface area contributed by atoms with Gasteiger partial charge in [-0.3, -0.25) is 4.79 Å². The van der Waals surface area contributed by atoms with E-state index in [9.17, 15) is 9.90 Å². The van der Waals surface area contributed by atoms with Gasteiger partial charge in [0.05, 0.1) is 19.8 Å². The minimum Gasteiger partial charge on any atom is -0.484 e. The Morgan fingerprint density at radius 1 is 1.32 bits per heavy atom. The maximum atomic E-state index is 12.5. The van der Waals surface area contributed by atoms with Crippen molar-refractivity contribution >= 4 is 17.5 Å². The fraction of sp³-hybridized carbons (Fsp3) is 0.611. The van der Waals surface area contributed by atoms with E-state index in [-0.39, 0.29) is 25.7 Å². The summed E-state index contributed by atoms with van der Waals surface area (Å²) in [5.41, 5.74) is -1.04. The third-order valence-corrected chi connectivity index (χ3v) is 4.82. The quantitative estimate of drug-likeness (QED) is 0.851. The lowest BCUT2D eigenvalue weighted by Crippen LogP contribution is -2.53. The lowest BCUT2D eigenvalue weighted by Gasteiger charge is -2.33. The fourth-order valence-corrected chi connectivity index (χ4v) is 3.56. The molecular weight excluding hydrogens is 344 g/mol. The number of benzene rings is 1. The number of carbonyl (C=O) groups is 1. The molecule has 1 N–H and O–H groups in total. The summed E-state index contributed by atoms with van der Waals surface area (Å²) in [7, 11) is 0. The van der Waals surface area contributed by atoms with Gasteiger partial charge in [0.2, 0.25) is 0 Å². The monoisotopic (exact) mass is 368 g/mol. The third-order valence-electron chi connectivity index (χ3n) is 4.59. The minimum absolute atomic E-state index is 0.0832. The predicted molar refractivity (Wildman–Crippen MR) is 95.0 cm³/mol. The molecular formula is C18H25ClN2O4. The summed E-state index contributed by atoms with van der Waals surface area (Å²) in [4.78, 5) is 16.4. The van der Waals surface area contributed by atoms with E-state index in [0.717, 1.165) is 25.9 Å². The highest BCUT2D eigenvalue weighted by molar-refractivity contribution is 6.30. The van der Waals surface area contributed by atoms with Crippen molar-refractivity contribution in [2.45, 2.75) is 18.4 Å². The average molecular weight is 369 g/mol. The van der Waals surface area contributed by atoms with Crippen LogP contribution in [-0.2, 0) is 9.53 Å². The number of aliphatic hydroxyl groups is 1. The maximum Gasteiger partial charge on any atom is 0.260 e. The van der Waals surface area contributed by atoms with Crippen molar-refractivity contribution in [1.29, 1.82) is 0 Å². The van der Waals surface area contributed by atoms with Gasteiger partial charge in [-0.25, -0.2) is 0 Å². The number of carbonyl (C=O) groups excluding carboxylic acids is 1. The summed E-state index contributed by atoms with van der Waals surface area (Å²) < 4.78 is 11.1. The van der Waals surface area contributed by atoms with Crippen molar-refractivity contribution in [2.24, 2.45) is 0 Å². The van der Waals surface area contributed by atoms with E-state index >= 15 is 0 Å². The largest absolute Gasteiger partial charge is 0.484 e. The van der Waals surface area contributed by atoms with Crippen LogP contribution >= 0.6 is 11.6 Å². The Hall–Kier alpha value is -1.34. The Balaban J connectivity index is 1.56. The molecule has 25 heavy (non-hydrogen) atoms. The van der Waals surface area contributed by atoms with Crippen LogP contribution in [-0.4, -0.2) is 79.0 Å². The zero-order valence-corrected chi connectivity index (χ0v) is 15.1. The Morgan fingerprint density at radius 2 is 2.12 bits per heavy atom. The van der Waals surface area contributed by atoms with Crippen LogP contribution in [0.4, 0.5) is 0 Å². The molecule has 0 aromatic heterocycles. The SMILES string of the molecule is O=C(COc1cccc(Cl)c1)N1CCOC[C@@](O)(CN2CCCC2)C1. The number of amides is 1. The van der Waals surface area contributed by atoms with Gasteiger partial charge >= 0.3 is 0 Å². The number of nitrogens with zero attached hydrogens (tertiary/aromatic N) is 2. The Kier molecular flexibility index (Phi) is 6.17. The summed E-state index contributed by atoms with van der Waals surface area (Å²) in [5, 5.41) is 11.5. The van der Waals surface area contributed by atoms with Crippen LogP contribution in [0.5, 0.6) is 5.75 Å². The Bertz CT molecular complexity index is 594. The first-order chi connectivity index (χ1) is 12.0. The van der Waals surface area contributed by atoms with Crippen LogP contribution in [0.1, 0.15) is 12.8 Å². The molecule has 138 valence electrons. The molecule has 1 amide bonds. The van der Waals surface area contributed by atoms with E-state index in [0.29, 0.717) is 30.5 Å². The van der Waals surface area contributed by atoms with Gasteiger partial charge < -0.3 is 24.4 Å². The predicted octanol–water partition coefficient (Wildman–Crippen LogP) is 1.40. The van der Waals surface area contributed by atoms with Gasteiger partial charge in [0, 0.05) is 18.1 Å². The first-order valence-electron chi connectivity index (χ1n) is 8.73. The van der Waals surface area contributed by atoms with Crippen LogP contribution in [0.2, 0.25) is 5.02 Å². The molecule has 7 heteroatoms. The van der Waals surface area contributed by atoms with Gasteiger partial charge in [0.25, 0.3) is 5.91 Å². The summed E-state index contributed by atoms with van der Waals surface area (Å²) in [6, 6.07) is 6.95. The molecule has 0 aliphatic carbocycles. The lowest BCUT2D eigenvalue weighted by atomic mass is 10.0. The second-order valence-electron chi connectivity index (χ2n) is 6.82. The van der Waals surface area contributed by atoms with E-state index in [1.807, 2.05) is 0 Å². The zero-order valence-electron chi connectivity index (χ0n) is 14.3. The van der Waals surface area contributed by atoms with Crippen molar-refractivity contribution in [3.8, 4) is 5.75 Å². The van der Waals surface area contributed by atoms with Gasteiger partial charge in [0.1, 0.15) is 11.4 Å². The molecule has 0 saturated carbocycles. The standard InChI is InChI=1S/C18H25ClN2O4/c19-15-4-3-5-16(10-15)25-11-17(22)21-8-9-24-14-18(23,13-21)12-20-6-1-2-7-20/h3-5,10,23H,1-2,6-9,11-14H2/t18-/m1/s1. The normalized spacial score (nSPS) is 25.0. The second kappa shape index (κ2) is 8.36. The Labute approximate surface area is 153 Å². The average Bonchev–Trinajstić information content (AvgIpc) is 3.00. The first-order valence-corrected chi connectivity index (χ1v) is 9.11. The van der Waals surface area contributed by atoms with Gasteiger partial charge in [-0.05, 0) is 44.1 Å². The first kappa shape index (κ1) is 18.5. The molecule has 0 radical (unpaired) electrons. The molecule has 2 aliphatic heterocycles. The van der Waals surface area contributed by atoms with Crippen LogP contribution in [0.3, 0.4) is 0 Å². The van der Waals surface area contributed by atoms with Crippen LogP contribution in [0, 0.1) is 0 Å². The molecule has 3 rings (SSSR count). The van der Waals surface area contributed by atoms with Gasteiger partial charge in [-0.15, -0.1) is 0 Å². The summed E-state index contributed by atoms with van der Waals surface area (Å²) in [5.74, 6) is 0.393. The molecule has 0 spiro atoms. The van der Waals surface area contributed by atoms with Gasteiger partial charge in [-0.2, -0.15) is 0 Å². The highest BCUT2D eigenvalue weighted by atomic mass is 35.5. The zero-order chi connectivity index (χ0) is 17.7. The molecule has 1 atom stereocenters. The van der Waals surface area contributed by atoms with Crippen LogP contribution in [0.25, 0.3) is 0 Å². The maximum absolute atomic E-state index is 12.5. The van der Waals surface area contributed by atoms with Crippen LogP contribution < -0.4 is 4.74 Å². The molecule has 2 aliphatic rings. The number of likely N-dealkylation sites (tertiary alicyclic amines) is 1. The minimum atomic E-state index is -1.04. The fourth-order valence-electron chi connectivity index (χ4n) is 3.38. The van der Waals surface area contributed by atoms with Crippen molar-refractivity contribution in [1.82, 2.24) is 9.80 Å². The highest BCUT2D eigenvalue weighted by Crippen LogP contribution is 2.19. The smallest absolute Gasteiger partial charge is 0.260 e. The molecule has 2 heterocycles.